The Morgan fingerprint density at radius 1 is 1.26 bits per heavy atom. The first-order chi connectivity index (χ1) is 16.4. The lowest BCUT2D eigenvalue weighted by atomic mass is 9.97. The molecule has 0 saturated carbocycles. The Morgan fingerprint density at radius 3 is 2.85 bits per heavy atom. The zero-order valence-electron chi connectivity index (χ0n) is 18.9. The summed E-state index contributed by atoms with van der Waals surface area (Å²) in [5, 5.41) is 22.9. The van der Waals surface area contributed by atoms with Crippen LogP contribution in [0.4, 0.5) is 15.0 Å². The fourth-order valence-corrected chi connectivity index (χ4v) is 3.66. The molecule has 8 heteroatoms. The Bertz CT molecular complexity index is 1220. The van der Waals surface area contributed by atoms with Crippen molar-refractivity contribution in [2.45, 2.75) is 39.0 Å². The van der Waals surface area contributed by atoms with Crippen LogP contribution in [-0.2, 0) is 16.0 Å². The summed E-state index contributed by atoms with van der Waals surface area (Å²) in [5.74, 6) is -0.591. The van der Waals surface area contributed by atoms with E-state index in [0.29, 0.717) is 54.4 Å². The quantitative estimate of drug-likeness (QED) is 0.410. The molecule has 0 aliphatic heterocycles. The number of carbonyl (C=O) groups excluding carboxylic acids is 2. The highest BCUT2D eigenvalue weighted by molar-refractivity contribution is 5.91. The lowest BCUT2D eigenvalue weighted by Crippen LogP contribution is -2.17. The minimum absolute atomic E-state index is 0.0334. The number of hydrogen-bond acceptors (Lipinski definition) is 6. The zero-order valence-corrected chi connectivity index (χ0v) is 18.9. The van der Waals surface area contributed by atoms with Gasteiger partial charge >= 0.3 is 6.09 Å². The molecule has 0 aliphatic carbocycles. The molecule has 0 bridgehead atoms. The van der Waals surface area contributed by atoms with Crippen LogP contribution >= 0.6 is 0 Å². The minimum Gasteiger partial charge on any atom is -0.505 e. The van der Waals surface area contributed by atoms with Gasteiger partial charge in [-0.1, -0.05) is 31.2 Å². The van der Waals surface area contributed by atoms with E-state index in [1.54, 1.807) is 24.3 Å². The number of anilines is 1. The molecule has 1 amide bonds. The van der Waals surface area contributed by atoms with Crippen molar-refractivity contribution in [2.75, 3.05) is 11.9 Å². The molecular weight excluding hydrogens is 437 g/mol. The number of hydrogen-bond donors (Lipinski definition) is 2. The molecule has 3 aromatic rings. The van der Waals surface area contributed by atoms with Gasteiger partial charge in [0.15, 0.2) is 11.6 Å². The molecule has 1 atom stereocenters. The molecule has 1 aromatic heterocycles. The molecule has 2 N–H and O–H groups in total. The summed E-state index contributed by atoms with van der Waals surface area (Å²) in [4.78, 5) is 28.4. The van der Waals surface area contributed by atoms with Gasteiger partial charge in [-0.3, -0.25) is 10.1 Å². The number of aryl methyl sites for hydroxylation is 1. The van der Waals surface area contributed by atoms with E-state index in [1.807, 2.05) is 13.0 Å². The summed E-state index contributed by atoms with van der Waals surface area (Å²) >= 11 is 0. The van der Waals surface area contributed by atoms with Gasteiger partial charge in [0.25, 0.3) is 0 Å². The van der Waals surface area contributed by atoms with Gasteiger partial charge in [0.05, 0.1) is 18.2 Å². The maximum absolute atomic E-state index is 13.4. The monoisotopic (exact) mass is 463 g/mol. The van der Waals surface area contributed by atoms with Crippen molar-refractivity contribution in [1.82, 2.24) is 4.98 Å². The molecule has 2 aromatic carbocycles. The fourth-order valence-electron chi connectivity index (χ4n) is 3.66. The molecule has 0 fully saturated rings. The van der Waals surface area contributed by atoms with Gasteiger partial charge in [0.2, 0.25) is 0 Å². The number of aromatic nitrogens is 1. The number of benzene rings is 2. The lowest BCUT2D eigenvalue weighted by Gasteiger charge is -2.12. The molecule has 34 heavy (non-hydrogen) atoms. The van der Waals surface area contributed by atoms with Crippen LogP contribution in [-0.4, -0.2) is 28.6 Å². The first-order valence-electron chi connectivity index (χ1n) is 11.1. The van der Waals surface area contributed by atoms with E-state index in [2.05, 4.69) is 16.4 Å². The number of fused-ring (bicyclic) bond motifs is 1. The Kier molecular flexibility index (Phi) is 8.52. The maximum atomic E-state index is 13.4. The summed E-state index contributed by atoms with van der Waals surface area (Å²) in [7, 11) is 0. The van der Waals surface area contributed by atoms with Crippen LogP contribution in [0.15, 0.2) is 48.7 Å². The molecule has 0 aliphatic rings. The standard InChI is InChI=1S/C26H26FN3O4/c1-17(13-21(31)9-3-5-18-6-4-10-23(27)25(18)32)11-12-34-26(33)30-24-14-19-7-2-8-20(15-28)22(19)16-29-24/h2,4,6-8,10,14,16-17,32H,3,5,9,11-13H2,1H3,(H,29,30,33). The number of phenols is 1. The number of ether oxygens (including phenoxy) is 1. The van der Waals surface area contributed by atoms with Gasteiger partial charge in [0.1, 0.15) is 11.6 Å². The number of halogens is 1. The average molecular weight is 464 g/mol. The highest BCUT2D eigenvalue weighted by Crippen LogP contribution is 2.23. The minimum atomic E-state index is -0.661. The first kappa shape index (κ1) is 24.6. The number of nitriles is 1. The van der Waals surface area contributed by atoms with Crippen molar-refractivity contribution < 1.29 is 23.8 Å². The second kappa shape index (κ2) is 11.8. The largest absolute Gasteiger partial charge is 0.505 e. The molecule has 3 rings (SSSR count). The maximum Gasteiger partial charge on any atom is 0.412 e. The predicted octanol–water partition coefficient (Wildman–Crippen LogP) is 5.51. The third-order valence-corrected chi connectivity index (χ3v) is 5.51. The van der Waals surface area contributed by atoms with Crippen LogP contribution in [0.25, 0.3) is 10.8 Å². The smallest absolute Gasteiger partial charge is 0.412 e. The van der Waals surface area contributed by atoms with E-state index in [4.69, 9.17) is 10.00 Å². The second-order valence-corrected chi connectivity index (χ2v) is 8.21. The second-order valence-electron chi connectivity index (χ2n) is 8.21. The van der Waals surface area contributed by atoms with Gasteiger partial charge in [-0.05, 0) is 54.3 Å². The number of ketones is 1. The molecule has 1 unspecified atom stereocenters. The molecule has 7 nitrogen and oxygen atoms in total. The highest BCUT2D eigenvalue weighted by Gasteiger charge is 2.13. The van der Waals surface area contributed by atoms with Crippen molar-refractivity contribution in [1.29, 1.82) is 5.26 Å². The van der Waals surface area contributed by atoms with Crippen molar-refractivity contribution in [3.8, 4) is 11.8 Å². The van der Waals surface area contributed by atoms with Crippen LogP contribution in [0.3, 0.4) is 0 Å². The van der Waals surface area contributed by atoms with Crippen LogP contribution < -0.4 is 5.32 Å². The van der Waals surface area contributed by atoms with Gasteiger partial charge in [-0.25, -0.2) is 14.2 Å². The number of phenolic OH excluding ortho intramolecular Hbond substituents is 1. The van der Waals surface area contributed by atoms with E-state index >= 15 is 0 Å². The van der Waals surface area contributed by atoms with Gasteiger partial charge in [-0.15, -0.1) is 0 Å². The Labute approximate surface area is 197 Å². The number of para-hydroxylation sites is 1. The van der Waals surface area contributed by atoms with Gasteiger partial charge < -0.3 is 9.84 Å². The SMILES string of the molecule is CC(CCOC(=O)Nc1cc2cccc(C#N)c2cn1)CC(=O)CCCc1cccc(F)c1O. The molecule has 0 spiro atoms. The average Bonchev–Trinajstić information content (AvgIpc) is 2.81. The zero-order chi connectivity index (χ0) is 24.5. The van der Waals surface area contributed by atoms with E-state index in [0.717, 1.165) is 5.39 Å². The number of carbonyl (C=O) groups is 2. The summed E-state index contributed by atoms with van der Waals surface area (Å²) in [5.41, 5.74) is 1.00. The molecular formula is C26H26FN3O4. The Balaban J connectivity index is 1.36. The molecule has 0 radical (unpaired) electrons. The summed E-state index contributed by atoms with van der Waals surface area (Å²) in [6, 6.07) is 13.4. The van der Waals surface area contributed by atoms with Crippen LogP contribution in [0.1, 0.15) is 43.7 Å². The number of amides is 1. The normalized spacial score (nSPS) is 11.6. The summed E-state index contributed by atoms with van der Waals surface area (Å²) in [6.07, 6.45) is 3.06. The van der Waals surface area contributed by atoms with E-state index in [-0.39, 0.29) is 24.1 Å². The summed E-state index contributed by atoms with van der Waals surface area (Å²) < 4.78 is 18.6. The third kappa shape index (κ3) is 6.75. The van der Waals surface area contributed by atoms with Gasteiger partial charge in [0, 0.05) is 24.4 Å². The van der Waals surface area contributed by atoms with Crippen molar-refractivity contribution >= 4 is 28.5 Å². The van der Waals surface area contributed by atoms with Crippen LogP contribution in [0, 0.1) is 23.1 Å². The fraction of sp³-hybridized carbons (Fsp3) is 0.308. The predicted molar refractivity (Wildman–Crippen MR) is 126 cm³/mol. The van der Waals surface area contributed by atoms with Crippen molar-refractivity contribution in [3.05, 3.63) is 65.6 Å². The Morgan fingerprint density at radius 2 is 2.06 bits per heavy atom. The number of aromatic hydroxyl groups is 1. The van der Waals surface area contributed by atoms with Crippen molar-refractivity contribution in [3.63, 3.8) is 0 Å². The van der Waals surface area contributed by atoms with Crippen molar-refractivity contribution in [2.24, 2.45) is 5.92 Å². The van der Waals surface area contributed by atoms with Crippen LogP contribution in [0.5, 0.6) is 5.75 Å². The van der Waals surface area contributed by atoms with E-state index in [1.165, 1.54) is 18.3 Å². The summed E-state index contributed by atoms with van der Waals surface area (Å²) in [6.45, 7) is 2.07. The number of nitrogens with zero attached hydrogens (tertiary/aromatic N) is 2. The number of Topliss-reactive ketones (excluding diaryl/α,β-unsaturated/α-hetero) is 1. The lowest BCUT2D eigenvalue weighted by molar-refractivity contribution is -0.120. The van der Waals surface area contributed by atoms with E-state index < -0.39 is 11.9 Å². The molecule has 1 heterocycles. The molecule has 176 valence electrons. The Hall–Kier alpha value is -3.99. The number of nitrogens with one attached hydrogen (secondary N) is 1. The number of pyridine rings is 1. The van der Waals surface area contributed by atoms with E-state index in [9.17, 15) is 19.1 Å². The third-order valence-electron chi connectivity index (χ3n) is 5.51. The topological polar surface area (TPSA) is 112 Å². The molecule has 0 saturated heterocycles. The highest BCUT2D eigenvalue weighted by atomic mass is 19.1. The first-order valence-corrected chi connectivity index (χ1v) is 11.1. The number of rotatable bonds is 10. The van der Waals surface area contributed by atoms with Crippen LogP contribution in [0.2, 0.25) is 0 Å². The van der Waals surface area contributed by atoms with Gasteiger partial charge in [-0.2, -0.15) is 5.26 Å².